The van der Waals surface area contributed by atoms with E-state index in [9.17, 15) is 0 Å². The number of nitrogens with one attached hydrogen (secondary N) is 2. The third-order valence-electron chi connectivity index (χ3n) is 6.01. The quantitative estimate of drug-likeness (QED) is 0.314. The molecule has 0 atom stereocenters. The van der Waals surface area contributed by atoms with Gasteiger partial charge in [0, 0.05) is 47.0 Å². The molecule has 1 fully saturated rings. The maximum absolute atomic E-state index is 5.93. The molecule has 1 saturated heterocycles. The van der Waals surface area contributed by atoms with Gasteiger partial charge in [-0.1, -0.05) is 24.8 Å². The van der Waals surface area contributed by atoms with Crippen LogP contribution in [0.5, 0.6) is 0 Å². The number of imidazole rings is 1. The predicted octanol–water partition coefficient (Wildman–Crippen LogP) is 3.94. The summed E-state index contributed by atoms with van der Waals surface area (Å²) in [4.78, 5) is 25.3. The minimum absolute atomic E-state index is 0.190. The van der Waals surface area contributed by atoms with Crippen molar-refractivity contribution >= 4 is 33.8 Å². The SMILES string of the molecule is C=C/C=C(/c1cccs1)c1nc(-c2[nH]nc3ncc(-c4cncc(N5CC(N)C5)n4)cc23)[nH]c1C. The van der Waals surface area contributed by atoms with Gasteiger partial charge in [-0.25, -0.2) is 15.0 Å². The van der Waals surface area contributed by atoms with Gasteiger partial charge >= 0.3 is 0 Å². The molecule has 0 aromatic carbocycles. The first kappa shape index (κ1) is 21.4. The summed E-state index contributed by atoms with van der Waals surface area (Å²) in [5.74, 6) is 1.51. The fourth-order valence-corrected chi connectivity index (χ4v) is 4.99. The van der Waals surface area contributed by atoms with Crippen molar-refractivity contribution in [2.45, 2.75) is 13.0 Å². The monoisotopic (exact) mass is 481 g/mol. The van der Waals surface area contributed by atoms with E-state index in [0.29, 0.717) is 11.5 Å². The van der Waals surface area contributed by atoms with Crippen LogP contribution in [0.2, 0.25) is 0 Å². The van der Waals surface area contributed by atoms with E-state index in [2.05, 4.69) is 48.1 Å². The lowest BCUT2D eigenvalue weighted by molar-refractivity contribution is 0.514. The van der Waals surface area contributed by atoms with Crippen LogP contribution < -0.4 is 10.6 Å². The van der Waals surface area contributed by atoms with Crippen molar-refractivity contribution in [2.24, 2.45) is 5.73 Å². The van der Waals surface area contributed by atoms with Crippen molar-refractivity contribution in [1.29, 1.82) is 0 Å². The van der Waals surface area contributed by atoms with Crippen molar-refractivity contribution in [3.05, 3.63) is 77.2 Å². The van der Waals surface area contributed by atoms with Gasteiger partial charge in [0.05, 0.1) is 29.2 Å². The second-order valence-corrected chi connectivity index (χ2v) is 9.42. The molecule has 10 heteroatoms. The smallest absolute Gasteiger partial charge is 0.181 e. The molecule has 0 unspecified atom stereocenters. The Balaban J connectivity index is 1.39. The second kappa shape index (κ2) is 8.57. The van der Waals surface area contributed by atoms with Crippen LogP contribution in [0.4, 0.5) is 5.82 Å². The highest BCUT2D eigenvalue weighted by atomic mass is 32.1. The highest BCUT2D eigenvalue weighted by Gasteiger charge is 2.25. The zero-order chi connectivity index (χ0) is 23.9. The molecule has 174 valence electrons. The van der Waals surface area contributed by atoms with Gasteiger partial charge in [-0.3, -0.25) is 10.1 Å². The van der Waals surface area contributed by atoms with Crippen molar-refractivity contribution in [3.63, 3.8) is 0 Å². The van der Waals surface area contributed by atoms with Crippen LogP contribution >= 0.6 is 11.3 Å². The summed E-state index contributed by atoms with van der Waals surface area (Å²) in [5.41, 5.74) is 11.8. The minimum Gasteiger partial charge on any atom is -0.352 e. The molecule has 1 aliphatic heterocycles. The molecule has 35 heavy (non-hydrogen) atoms. The molecule has 0 saturated carbocycles. The number of pyridine rings is 1. The van der Waals surface area contributed by atoms with Crippen LogP contribution in [0.1, 0.15) is 16.3 Å². The van der Waals surface area contributed by atoms with Gasteiger partial charge in [-0.2, -0.15) is 5.10 Å². The lowest BCUT2D eigenvalue weighted by Gasteiger charge is -2.37. The number of nitrogens with two attached hydrogens (primary N) is 1. The number of H-pyrrole nitrogens is 2. The van der Waals surface area contributed by atoms with E-state index in [4.69, 9.17) is 15.7 Å². The lowest BCUT2D eigenvalue weighted by atomic mass is 10.1. The molecular weight excluding hydrogens is 458 g/mol. The standard InChI is InChI=1S/C25H23N9S/c1-3-5-17(20-6-4-7-35-20)22-14(2)29-25(31-22)23-18-8-15(9-28-24(18)33-32-23)19-10-27-11-21(30-19)34-12-16(26)13-34/h3-11,16H,1,12-13,26H2,2H3,(H,29,31)(H,28,32,33)/b17-5-. The number of rotatable bonds is 6. The topological polar surface area (TPSA) is 125 Å². The molecular formula is C25H23N9S. The van der Waals surface area contributed by atoms with Crippen molar-refractivity contribution in [3.8, 4) is 22.8 Å². The van der Waals surface area contributed by atoms with Crippen molar-refractivity contribution in [2.75, 3.05) is 18.0 Å². The average Bonchev–Trinajstić information content (AvgIpc) is 3.60. The van der Waals surface area contributed by atoms with Gasteiger partial charge in [-0.15, -0.1) is 11.3 Å². The molecule has 0 bridgehead atoms. The third-order valence-corrected chi connectivity index (χ3v) is 6.91. The number of fused-ring (bicyclic) bond motifs is 1. The molecule has 6 heterocycles. The minimum atomic E-state index is 0.190. The fourth-order valence-electron chi connectivity index (χ4n) is 4.24. The van der Waals surface area contributed by atoms with Gasteiger partial charge < -0.3 is 15.6 Å². The third kappa shape index (κ3) is 3.82. The summed E-state index contributed by atoms with van der Waals surface area (Å²) in [5, 5.41) is 10.4. The number of anilines is 1. The Morgan fingerprint density at radius 2 is 2.14 bits per heavy atom. The highest BCUT2D eigenvalue weighted by molar-refractivity contribution is 7.11. The van der Waals surface area contributed by atoms with Crippen LogP contribution in [0.25, 0.3) is 39.4 Å². The molecule has 9 nitrogen and oxygen atoms in total. The molecule has 0 radical (unpaired) electrons. The van der Waals surface area contributed by atoms with E-state index in [0.717, 1.165) is 63.1 Å². The summed E-state index contributed by atoms with van der Waals surface area (Å²) in [7, 11) is 0. The largest absolute Gasteiger partial charge is 0.352 e. The van der Waals surface area contributed by atoms with E-state index >= 15 is 0 Å². The van der Waals surface area contributed by atoms with Crippen LogP contribution in [0, 0.1) is 6.92 Å². The molecule has 4 N–H and O–H groups in total. The first-order valence-electron chi connectivity index (χ1n) is 11.2. The number of allylic oxidation sites excluding steroid dienone is 2. The van der Waals surface area contributed by atoms with Gasteiger partial charge in [0.25, 0.3) is 0 Å². The fraction of sp³-hybridized carbons (Fsp3) is 0.160. The number of aryl methyl sites for hydroxylation is 1. The summed E-state index contributed by atoms with van der Waals surface area (Å²) in [6, 6.07) is 6.33. The van der Waals surface area contributed by atoms with Crippen molar-refractivity contribution in [1.82, 2.24) is 35.1 Å². The maximum atomic E-state index is 5.93. The van der Waals surface area contributed by atoms with E-state index in [1.54, 1.807) is 36.0 Å². The van der Waals surface area contributed by atoms with Crippen LogP contribution in [-0.4, -0.2) is 54.2 Å². The Morgan fingerprint density at radius 1 is 1.26 bits per heavy atom. The zero-order valence-corrected chi connectivity index (χ0v) is 19.9. The van der Waals surface area contributed by atoms with E-state index in [1.165, 1.54) is 0 Å². The van der Waals surface area contributed by atoms with E-state index in [-0.39, 0.29) is 6.04 Å². The van der Waals surface area contributed by atoms with E-state index in [1.807, 2.05) is 25.1 Å². The Hall–Kier alpha value is -4.15. The Kier molecular flexibility index (Phi) is 5.24. The normalized spacial score (nSPS) is 14.5. The predicted molar refractivity (Wildman–Crippen MR) is 139 cm³/mol. The molecule has 5 aromatic heterocycles. The zero-order valence-electron chi connectivity index (χ0n) is 19.1. The molecule has 1 aliphatic rings. The Morgan fingerprint density at radius 3 is 2.91 bits per heavy atom. The molecule has 0 aliphatic carbocycles. The lowest BCUT2D eigenvalue weighted by Crippen LogP contribution is -2.56. The molecule has 0 spiro atoms. The van der Waals surface area contributed by atoms with Gasteiger partial charge in [0.15, 0.2) is 11.5 Å². The molecule has 5 aromatic rings. The van der Waals surface area contributed by atoms with Crippen LogP contribution in [-0.2, 0) is 0 Å². The number of hydrogen-bond donors (Lipinski definition) is 3. The number of thiophene rings is 1. The number of aromatic nitrogens is 7. The highest BCUT2D eigenvalue weighted by Crippen LogP contribution is 2.32. The average molecular weight is 482 g/mol. The summed E-state index contributed by atoms with van der Waals surface area (Å²) >= 11 is 1.67. The molecule has 0 amide bonds. The first-order chi connectivity index (χ1) is 17.1. The molecule has 6 rings (SSSR count). The Labute approximate surface area is 205 Å². The Bertz CT molecular complexity index is 1560. The number of aromatic amines is 2. The van der Waals surface area contributed by atoms with Gasteiger partial charge in [0.2, 0.25) is 0 Å². The summed E-state index contributed by atoms with van der Waals surface area (Å²) < 4.78 is 0. The van der Waals surface area contributed by atoms with Crippen molar-refractivity contribution < 1.29 is 0 Å². The first-order valence-corrected chi connectivity index (χ1v) is 12.1. The number of nitrogens with zero attached hydrogens (tertiary/aromatic N) is 6. The summed E-state index contributed by atoms with van der Waals surface area (Å²) in [6.07, 6.45) is 9.05. The van der Waals surface area contributed by atoms with Crippen LogP contribution in [0.3, 0.4) is 0 Å². The second-order valence-electron chi connectivity index (χ2n) is 8.47. The number of hydrogen-bond acceptors (Lipinski definition) is 8. The maximum Gasteiger partial charge on any atom is 0.181 e. The van der Waals surface area contributed by atoms with E-state index < -0.39 is 0 Å². The van der Waals surface area contributed by atoms with Crippen LogP contribution in [0.15, 0.2) is 60.9 Å². The van der Waals surface area contributed by atoms with Gasteiger partial charge in [0.1, 0.15) is 11.5 Å². The summed E-state index contributed by atoms with van der Waals surface area (Å²) in [6.45, 7) is 7.47. The van der Waals surface area contributed by atoms with Gasteiger partial charge in [-0.05, 0) is 24.4 Å².